The zero-order valence-electron chi connectivity index (χ0n) is 15.4. The minimum atomic E-state index is -0.421. The van der Waals surface area contributed by atoms with Crippen molar-refractivity contribution in [3.05, 3.63) is 53.8 Å². The fourth-order valence-electron chi connectivity index (χ4n) is 2.59. The van der Waals surface area contributed by atoms with Crippen LogP contribution in [0.1, 0.15) is 23.7 Å². The summed E-state index contributed by atoms with van der Waals surface area (Å²) in [5, 5.41) is 2.55. The second kappa shape index (κ2) is 8.47. The molecule has 0 bridgehead atoms. The van der Waals surface area contributed by atoms with Gasteiger partial charge < -0.3 is 15.0 Å². The lowest BCUT2D eigenvalue weighted by atomic mass is 10.0. The van der Waals surface area contributed by atoms with Crippen LogP contribution in [0.5, 0.6) is 5.75 Å². The summed E-state index contributed by atoms with van der Waals surface area (Å²) in [4.78, 5) is 25.7. The highest BCUT2D eigenvalue weighted by molar-refractivity contribution is 5.95. The van der Waals surface area contributed by atoms with Crippen molar-refractivity contribution >= 4 is 11.8 Å². The van der Waals surface area contributed by atoms with Crippen LogP contribution in [0.15, 0.2) is 42.5 Å². The van der Waals surface area contributed by atoms with Gasteiger partial charge in [0.25, 0.3) is 5.91 Å². The molecular formula is C20H23FN2O3. The summed E-state index contributed by atoms with van der Waals surface area (Å²) in [6, 6.07) is 11.1. The molecule has 2 aromatic rings. The fraction of sp³-hybridized carbons (Fsp3) is 0.300. The molecule has 26 heavy (non-hydrogen) atoms. The number of halogens is 1. The van der Waals surface area contributed by atoms with Gasteiger partial charge in [-0.3, -0.25) is 9.59 Å². The topological polar surface area (TPSA) is 58.6 Å². The molecule has 0 saturated carbocycles. The van der Waals surface area contributed by atoms with Crippen LogP contribution < -0.4 is 10.1 Å². The van der Waals surface area contributed by atoms with Gasteiger partial charge in [0.15, 0.2) is 0 Å². The lowest BCUT2D eigenvalue weighted by Crippen LogP contribution is -2.38. The van der Waals surface area contributed by atoms with Gasteiger partial charge in [-0.05, 0) is 36.8 Å². The number of benzene rings is 2. The lowest BCUT2D eigenvalue weighted by Gasteiger charge is -2.24. The van der Waals surface area contributed by atoms with Crippen LogP contribution in [0.4, 0.5) is 4.39 Å². The first-order chi connectivity index (χ1) is 12.4. The van der Waals surface area contributed by atoms with Crippen molar-refractivity contribution in [1.82, 2.24) is 10.2 Å². The van der Waals surface area contributed by atoms with E-state index in [4.69, 9.17) is 4.74 Å². The largest absolute Gasteiger partial charge is 0.497 e. The third-order valence-electron chi connectivity index (χ3n) is 4.34. The van der Waals surface area contributed by atoms with Gasteiger partial charge in [-0.1, -0.05) is 12.1 Å². The molecule has 2 rings (SSSR count). The van der Waals surface area contributed by atoms with Gasteiger partial charge in [-0.2, -0.15) is 0 Å². The fourth-order valence-corrected chi connectivity index (χ4v) is 2.59. The molecule has 1 N–H and O–H groups in total. The third kappa shape index (κ3) is 4.39. The van der Waals surface area contributed by atoms with Crippen molar-refractivity contribution < 1.29 is 18.7 Å². The van der Waals surface area contributed by atoms with Crippen molar-refractivity contribution in [1.29, 1.82) is 0 Å². The van der Waals surface area contributed by atoms with Crippen molar-refractivity contribution in [3.63, 3.8) is 0 Å². The Bertz CT molecular complexity index is 807. The second-order valence-corrected chi connectivity index (χ2v) is 6.07. The molecule has 0 aliphatic heterocycles. The molecule has 0 aliphatic carbocycles. The number of amides is 2. The van der Waals surface area contributed by atoms with Gasteiger partial charge >= 0.3 is 0 Å². The molecule has 0 fully saturated rings. The number of carbonyl (C=O) groups excluding carboxylic acids is 2. The van der Waals surface area contributed by atoms with Crippen LogP contribution in [0.25, 0.3) is 11.1 Å². The zero-order chi connectivity index (χ0) is 19.3. The van der Waals surface area contributed by atoms with E-state index in [0.29, 0.717) is 22.4 Å². The quantitative estimate of drug-likeness (QED) is 0.863. The number of carbonyl (C=O) groups is 2. The van der Waals surface area contributed by atoms with E-state index in [2.05, 4.69) is 5.32 Å². The normalized spacial score (nSPS) is 11.6. The predicted molar refractivity (Wildman–Crippen MR) is 98.6 cm³/mol. The number of methoxy groups -OCH3 is 1. The van der Waals surface area contributed by atoms with Crippen molar-refractivity contribution in [2.75, 3.05) is 21.2 Å². The molecule has 0 spiro atoms. The molecule has 138 valence electrons. The van der Waals surface area contributed by atoms with Crippen LogP contribution in [0.2, 0.25) is 0 Å². The zero-order valence-corrected chi connectivity index (χ0v) is 15.4. The summed E-state index contributed by atoms with van der Waals surface area (Å²) in [6.45, 7) is 1.81. The smallest absolute Gasteiger partial charge is 0.253 e. The van der Waals surface area contributed by atoms with Gasteiger partial charge in [0.2, 0.25) is 5.91 Å². The maximum atomic E-state index is 14.3. The number of rotatable bonds is 6. The Morgan fingerprint density at radius 2 is 1.96 bits per heavy atom. The van der Waals surface area contributed by atoms with Crippen LogP contribution in [0.3, 0.4) is 0 Å². The average Bonchev–Trinajstić information content (AvgIpc) is 2.66. The van der Waals surface area contributed by atoms with Crippen molar-refractivity contribution in [2.45, 2.75) is 19.4 Å². The highest BCUT2D eigenvalue weighted by Crippen LogP contribution is 2.27. The second-order valence-electron chi connectivity index (χ2n) is 6.07. The van der Waals surface area contributed by atoms with Gasteiger partial charge in [-0.15, -0.1) is 0 Å². The molecule has 0 aromatic heterocycles. The van der Waals surface area contributed by atoms with Crippen molar-refractivity contribution in [2.24, 2.45) is 0 Å². The molecule has 0 saturated heterocycles. The SMILES string of the molecule is CNC(=O)C[C@H](C)N(C)C(=O)c1cccc(-c2ccc(OC)cc2F)c1. The molecular weight excluding hydrogens is 335 g/mol. The van der Waals surface area contributed by atoms with E-state index >= 15 is 0 Å². The third-order valence-corrected chi connectivity index (χ3v) is 4.34. The van der Waals surface area contributed by atoms with E-state index in [1.54, 1.807) is 57.4 Å². The predicted octanol–water partition coefficient (Wildman–Crippen LogP) is 3.10. The summed E-state index contributed by atoms with van der Waals surface area (Å²) in [5.41, 5.74) is 1.42. The molecule has 0 heterocycles. The standard InChI is InChI=1S/C20H23FN2O3/c1-13(10-19(24)22-2)23(3)20(25)15-7-5-6-14(11-15)17-9-8-16(26-4)12-18(17)21/h5-9,11-13H,10H2,1-4H3,(H,22,24)/t13-/m0/s1. The molecule has 0 radical (unpaired) electrons. The van der Waals surface area contributed by atoms with E-state index in [9.17, 15) is 14.0 Å². The molecule has 2 aromatic carbocycles. The Morgan fingerprint density at radius 1 is 1.23 bits per heavy atom. The molecule has 5 nitrogen and oxygen atoms in total. The number of hydrogen-bond acceptors (Lipinski definition) is 3. The Kier molecular flexibility index (Phi) is 6.33. The first kappa shape index (κ1) is 19.4. The Balaban J connectivity index is 2.25. The monoisotopic (exact) mass is 358 g/mol. The first-order valence-corrected chi connectivity index (χ1v) is 8.29. The molecule has 0 aliphatic rings. The minimum Gasteiger partial charge on any atom is -0.497 e. The maximum absolute atomic E-state index is 14.3. The number of nitrogens with one attached hydrogen (secondary N) is 1. The van der Waals surface area contributed by atoms with E-state index in [1.165, 1.54) is 18.1 Å². The van der Waals surface area contributed by atoms with E-state index in [-0.39, 0.29) is 24.3 Å². The summed E-state index contributed by atoms with van der Waals surface area (Å²) in [7, 11) is 4.68. The van der Waals surface area contributed by atoms with Gasteiger partial charge in [0.05, 0.1) is 7.11 Å². The minimum absolute atomic E-state index is 0.133. The molecule has 2 amide bonds. The van der Waals surface area contributed by atoms with Gasteiger partial charge in [0.1, 0.15) is 11.6 Å². The van der Waals surface area contributed by atoms with E-state index in [0.717, 1.165) is 0 Å². The number of nitrogens with zero attached hydrogens (tertiary/aromatic N) is 1. The summed E-state index contributed by atoms with van der Waals surface area (Å²) in [5.74, 6) is -0.347. The van der Waals surface area contributed by atoms with E-state index < -0.39 is 5.82 Å². The average molecular weight is 358 g/mol. The number of ether oxygens (including phenoxy) is 1. The highest BCUT2D eigenvalue weighted by atomic mass is 19.1. The van der Waals surface area contributed by atoms with E-state index in [1.807, 2.05) is 0 Å². The van der Waals surface area contributed by atoms with Gasteiger partial charge in [-0.25, -0.2) is 4.39 Å². The summed E-state index contributed by atoms with van der Waals surface area (Å²) >= 11 is 0. The Morgan fingerprint density at radius 3 is 2.58 bits per heavy atom. The highest BCUT2D eigenvalue weighted by Gasteiger charge is 2.20. The molecule has 6 heteroatoms. The van der Waals surface area contributed by atoms with Crippen LogP contribution in [-0.4, -0.2) is 44.0 Å². The summed E-state index contributed by atoms with van der Waals surface area (Å²) in [6.07, 6.45) is 0.214. The van der Waals surface area contributed by atoms with Crippen LogP contribution in [0, 0.1) is 5.82 Å². The van der Waals surface area contributed by atoms with Gasteiger partial charge in [0, 0.05) is 43.8 Å². The Labute approximate surface area is 152 Å². The Hall–Kier alpha value is -2.89. The maximum Gasteiger partial charge on any atom is 0.253 e. The van der Waals surface area contributed by atoms with Crippen LogP contribution in [-0.2, 0) is 4.79 Å². The van der Waals surface area contributed by atoms with Crippen molar-refractivity contribution in [3.8, 4) is 16.9 Å². The number of hydrogen-bond donors (Lipinski definition) is 1. The molecule has 1 atom stereocenters. The lowest BCUT2D eigenvalue weighted by molar-refractivity contribution is -0.121. The summed E-state index contributed by atoms with van der Waals surface area (Å²) < 4.78 is 19.3. The van der Waals surface area contributed by atoms with Crippen LogP contribution >= 0.6 is 0 Å². The first-order valence-electron chi connectivity index (χ1n) is 8.29. The molecule has 0 unspecified atom stereocenters.